The number of carbonyl (C=O) groups is 2. The van der Waals surface area contributed by atoms with Crippen LogP contribution < -0.4 is 14.8 Å². The van der Waals surface area contributed by atoms with Gasteiger partial charge in [0.1, 0.15) is 0 Å². The molecule has 2 rings (SSSR count). The third-order valence-electron chi connectivity index (χ3n) is 3.24. The van der Waals surface area contributed by atoms with E-state index in [4.69, 9.17) is 5.11 Å². The molecule has 0 unspecified atom stereocenters. The standard InChI is InChI=1S/C18H13F4NO5.C2H6/c19-17(20)27-13-7-5-10(9-14(13)28-18(21)22)6-8-15(24)23-12-4-2-1-3-11(12)16(25)26;1-2/h1-9,17-18H,(H,23,24)(H,25,26);1-2H3/b8-6+;. The summed E-state index contributed by atoms with van der Waals surface area (Å²) in [6.45, 7) is -2.50. The number of carbonyl (C=O) groups excluding carboxylic acids is 1. The maximum Gasteiger partial charge on any atom is 0.387 e. The molecule has 162 valence electrons. The summed E-state index contributed by atoms with van der Waals surface area (Å²) in [7, 11) is 0. The molecule has 2 N–H and O–H groups in total. The first-order valence-electron chi connectivity index (χ1n) is 8.61. The van der Waals surface area contributed by atoms with Crippen LogP contribution in [0.15, 0.2) is 48.5 Å². The van der Waals surface area contributed by atoms with Crippen LogP contribution in [0.25, 0.3) is 6.08 Å². The Morgan fingerprint density at radius 2 is 1.57 bits per heavy atom. The number of ether oxygens (including phenoxy) is 2. The summed E-state index contributed by atoms with van der Waals surface area (Å²) < 4.78 is 57.7. The number of hydrogen-bond acceptors (Lipinski definition) is 4. The molecule has 0 spiro atoms. The van der Waals surface area contributed by atoms with Gasteiger partial charge in [0.25, 0.3) is 0 Å². The second-order valence-electron chi connectivity index (χ2n) is 5.14. The number of anilines is 1. The summed E-state index contributed by atoms with van der Waals surface area (Å²) >= 11 is 0. The van der Waals surface area contributed by atoms with Crippen molar-refractivity contribution in [3.8, 4) is 11.5 Å². The highest BCUT2D eigenvalue weighted by Crippen LogP contribution is 2.31. The lowest BCUT2D eigenvalue weighted by Crippen LogP contribution is -2.11. The van der Waals surface area contributed by atoms with Crippen LogP contribution in [0.4, 0.5) is 23.2 Å². The molecular weight excluding hydrogens is 410 g/mol. The molecule has 0 atom stereocenters. The lowest BCUT2D eigenvalue weighted by Gasteiger charge is -2.12. The fourth-order valence-electron chi connectivity index (χ4n) is 2.13. The Balaban J connectivity index is 0.00000218. The smallest absolute Gasteiger partial charge is 0.387 e. The van der Waals surface area contributed by atoms with Gasteiger partial charge in [-0.2, -0.15) is 17.6 Å². The molecule has 6 nitrogen and oxygen atoms in total. The number of halogens is 4. The molecule has 0 saturated heterocycles. The van der Waals surface area contributed by atoms with Crippen molar-refractivity contribution in [3.05, 3.63) is 59.7 Å². The largest absolute Gasteiger partial charge is 0.478 e. The van der Waals surface area contributed by atoms with Gasteiger partial charge in [-0.25, -0.2) is 4.79 Å². The maximum atomic E-state index is 12.4. The number of hydrogen-bond donors (Lipinski definition) is 2. The number of amides is 1. The van der Waals surface area contributed by atoms with Crippen LogP contribution in [-0.4, -0.2) is 30.2 Å². The molecule has 0 saturated carbocycles. The van der Waals surface area contributed by atoms with E-state index >= 15 is 0 Å². The predicted molar refractivity (Wildman–Crippen MR) is 102 cm³/mol. The zero-order chi connectivity index (χ0) is 22.7. The lowest BCUT2D eigenvalue weighted by atomic mass is 10.1. The van der Waals surface area contributed by atoms with Gasteiger partial charge in [-0.05, 0) is 35.9 Å². The first kappa shape index (κ1) is 24.5. The number of alkyl halides is 4. The van der Waals surface area contributed by atoms with Gasteiger partial charge in [-0.15, -0.1) is 0 Å². The van der Waals surface area contributed by atoms with E-state index in [9.17, 15) is 27.2 Å². The summed E-state index contributed by atoms with van der Waals surface area (Å²) in [5.41, 5.74) is 0.122. The summed E-state index contributed by atoms with van der Waals surface area (Å²) in [6.07, 6.45) is 2.21. The highest BCUT2D eigenvalue weighted by molar-refractivity contribution is 6.06. The number of para-hydroxylation sites is 1. The average molecular weight is 429 g/mol. The van der Waals surface area contributed by atoms with E-state index in [1.165, 1.54) is 36.4 Å². The number of carboxylic acids is 1. The number of carboxylic acid groups (broad SMARTS) is 1. The van der Waals surface area contributed by atoms with Crippen molar-refractivity contribution in [2.24, 2.45) is 0 Å². The second kappa shape index (κ2) is 12.1. The molecule has 0 aliphatic rings. The van der Waals surface area contributed by atoms with Crippen LogP contribution >= 0.6 is 0 Å². The van der Waals surface area contributed by atoms with Gasteiger partial charge in [0, 0.05) is 6.08 Å². The molecule has 10 heteroatoms. The quantitative estimate of drug-likeness (QED) is 0.441. The molecule has 0 bridgehead atoms. The Kier molecular flexibility index (Phi) is 9.87. The van der Waals surface area contributed by atoms with Crippen LogP contribution in [0.5, 0.6) is 11.5 Å². The van der Waals surface area contributed by atoms with Crippen LogP contribution in [0.1, 0.15) is 29.8 Å². The van der Waals surface area contributed by atoms with Crippen LogP contribution in [0.3, 0.4) is 0 Å². The minimum Gasteiger partial charge on any atom is -0.478 e. The first-order chi connectivity index (χ1) is 14.3. The minimum absolute atomic E-state index is 0.0621. The Morgan fingerprint density at radius 1 is 0.967 bits per heavy atom. The zero-order valence-corrected chi connectivity index (χ0v) is 15.9. The van der Waals surface area contributed by atoms with E-state index in [0.29, 0.717) is 0 Å². The minimum atomic E-state index is -3.27. The number of rotatable bonds is 8. The molecule has 0 aliphatic heterocycles. The Morgan fingerprint density at radius 3 is 2.17 bits per heavy atom. The van der Waals surface area contributed by atoms with Gasteiger partial charge in [-0.3, -0.25) is 4.79 Å². The molecule has 0 radical (unpaired) electrons. The molecule has 0 fully saturated rings. The highest BCUT2D eigenvalue weighted by Gasteiger charge is 2.15. The van der Waals surface area contributed by atoms with Gasteiger partial charge in [0.2, 0.25) is 5.91 Å². The third kappa shape index (κ3) is 7.82. The van der Waals surface area contributed by atoms with E-state index in [1.54, 1.807) is 0 Å². The lowest BCUT2D eigenvalue weighted by molar-refractivity contribution is -0.111. The Bertz CT molecular complexity index is 887. The van der Waals surface area contributed by atoms with Crippen LogP contribution in [0.2, 0.25) is 0 Å². The molecule has 1 amide bonds. The van der Waals surface area contributed by atoms with Gasteiger partial charge in [0.05, 0.1) is 11.3 Å². The van der Waals surface area contributed by atoms with Crippen molar-refractivity contribution in [2.45, 2.75) is 27.1 Å². The molecule has 0 aliphatic carbocycles. The Labute approximate surface area is 169 Å². The Hall–Kier alpha value is -3.56. The van der Waals surface area contributed by atoms with Crippen molar-refractivity contribution in [1.29, 1.82) is 0 Å². The third-order valence-corrected chi connectivity index (χ3v) is 3.24. The molecular formula is C20H19F4NO5. The van der Waals surface area contributed by atoms with Gasteiger partial charge in [-0.1, -0.05) is 32.0 Å². The summed E-state index contributed by atoms with van der Waals surface area (Å²) in [4.78, 5) is 23.1. The van der Waals surface area contributed by atoms with Crippen molar-refractivity contribution in [1.82, 2.24) is 0 Å². The van der Waals surface area contributed by atoms with Gasteiger partial charge < -0.3 is 19.9 Å². The first-order valence-corrected chi connectivity index (χ1v) is 8.61. The number of benzene rings is 2. The SMILES string of the molecule is CC.O=C(/C=C/c1ccc(OC(F)F)c(OC(F)F)c1)Nc1ccccc1C(=O)O. The topological polar surface area (TPSA) is 84.9 Å². The highest BCUT2D eigenvalue weighted by atomic mass is 19.3. The second-order valence-corrected chi connectivity index (χ2v) is 5.14. The zero-order valence-electron chi connectivity index (χ0n) is 15.9. The molecule has 0 heterocycles. The summed E-state index contributed by atoms with van der Waals surface area (Å²) in [5, 5.41) is 11.4. The fourth-order valence-corrected chi connectivity index (χ4v) is 2.13. The summed E-state index contributed by atoms with van der Waals surface area (Å²) in [5.74, 6) is -3.15. The number of nitrogens with one attached hydrogen (secondary N) is 1. The van der Waals surface area contributed by atoms with Gasteiger partial charge in [0.15, 0.2) is 11.5 Å². The van der Waals surface area contributed by atoms with E-state index in [0.717, 1.165) is 18.2 Å². The normalized spacial score (nSPS) is 10.5. The van der Waals surface area contributed by atoms with Crippen molar-refractivity contribution >= 4 is 23.6 Å². The average Bonchev–Trinajstić information content (AvgIpc) is 2.69. The predicted octanol–water partition coefficient (Wildman–Crippen LogP) is 5.27. The molecule has 0 aromatic heterocycles. The van der Waals surface area contributed by atoms with Crippen LogP contribution in [-0.2, 0) is 4.79 Å². The van der Waals surface area contributed by atoms with Crippen molar-refractivity contribution < 1.29 is 41.7 Å². The molecule has 2 aromatic rings. The number of aromatic carboxylic acids is 1. The van der Waals surface area contributed by atoms with E-state index in [-0.39, 0.29) is 16.8 Å². The summed E-state index contributed by atoms with van der Waals surface area (Å²) in [6, 6.07) is 8.92. The fraction of sp³-hybridized carbons (Fsp3) is 0.200. The molecule has 30 heavy (non-hydrogen) atoms. The van der Waals surface area contributed by atoms with Crippen molar-refractivity contribution in [2.75, 3.05) is 5.32 Å². The molecule has 2 aromatic carbocycles. The van der Waals surface area contributed by atoms with Crippen molar-refractivity contribution in [3.63, 3.8) is 0 Å². The van der Waals surface area contributed by atoms with E-state index < -0.39 is 36.6 Å². The van der Waals surface area contributed by atoms with E-state index in [1.807, 2.05) is 13.8 Å². The van der Waals surface area contributed by atoms with Crippen LogP contribution in [0, 0.1) is 0 Å². The monoisotopic (exact) mass is 429 g/mol. The van der Waals surface area contributed by atoms with E-state index in [2.05, 4.69) is 14.8 Å². The maximum absolute atomic E-state index is 12.4. The van der Waals surface area contributed by atoms with Gasteiger partial charge >= 0.3 is 19.2 Å².